The normalized spacial score (nSPS) is 17.8. The van der Waals surface area contributed by atoms with Crippen molar-refractivity contribution in [2.24, 2.45) is 5.92 Å². The van der Waals surface area contributed by atoms with Gasteiger partial charge in [0.2, 0.25) is 0 Å². The van der Waals surface area contributed by atoms with Gasteiger partial charge in [-0.3, -0.25) is 0 Å². The van der Waals surface area contributed by atoms with Crippen LogP contribution in [0.2, 0.25) is 0 Å². The predicted molar refractivity (Wildman–Crippen MR) is 47.4 cm³/mol. The van der Waals surface area contributed by atoms with Crippen LogP contribution in [0.1, 0.15) is 13.8 Å². The number of hydrogen-bond acceptors (Lipinski definition) is 3. The van der Waals surface area contributed by atoms with Crippen molar-refractivity contribution in [2.75, 3.05) is 19.1 Å². The highest BCUT2D eigenvalue weighted by Crippen LogP contribution is 2.04. The van der Waals surface area contributed by atoms with Crippen LogP contribution >= 0.6 is 0 Å². The Kier molecular flexibility index (Phi) is 4.03. The van der Waals surface area contributed by atoms with Crippen molar-refractivity contribution in [3.63, 3.8) is 0 Å². The van der Waals surface area contributed by atoms with Gasteiger partial charge in [0, 0.05) is 12.3 Å². The maximum atomic E-state index is 10.8. The maximum Gasteiger partial charge on any atom is 0.147 e. The van der Waals surface area contributed by atoms with Crippen LogP contribution in [0.3, 0.4) is 0 Å². The van der Waals surface area contributed by atoms with Crippen LogP contribution in [-0.2, 0) is 9.84 Å². The minimum Gasteiger partial charge on any atom is -0.317 e. The second-order valence-corrected chi connectivity index (χ2v) is 5.33. The van der Waals surface area contributed by atoms with Crippen LogP contribution < -0.4 is 5.32 Å². The van der Waals surface area contributed by atoms with Gasteiger partial charge in [0.05, 0.1) is 5.75 Å². The number of nitrogens with one attached hydrogen (secondary N) is 1. The molecule has 0 rings (SSSR count). The van der Waals surface area contributed by atoms with Gasteiger partial charge in [-0.1, -0.05) is 6.92 Å². The first kappa shape index (κ1) is 10.9. The van der Waals surface area contributed by atoms with E-state index in [1.165, 1.54) is 6.26 Å². The van der Waals surface area contributed by atoms with Crippen LogP contribution in [0.15, 0.2) is 0 Å². The lowest BCUT2D eigenvalue weighted by atomic mass is 10.1. The van der Waals surface area contributed by atoms with E-state index in [0.29, 0.717) is 0 Å². The van der Waals surface area contributed by atoms with Gasteiger partial charge in [-0.25, -0.2) is 8.42 Å². The van der Waals surface area contributed by atoms with Crippen LogP contribution in [0.25, 0.3) is 0 Å². The van der Waals surface area contributed by atoms with Gasteiger partial charge >= 0.3 is 0 Å². The summed E-state index contributed by atoms with van der Waals surface area (Å²) in [6, 6.07) is 0.254. The fraction of sp³-hybridized carbons (Fsp3) is 1.00. The average Bonchev–Trinajstić information content (AvgIpc) is 1.82. The number of sulfone groups is 1. The number of rotatable bonds is 4. The van der Waals surface area contributed by atoms with Gasteiger partial charge in [-0.15, -0.1) is 0 Å². The summed E-state index contributed by atoms with van der Waals surface area (Å²) in [5.74, 6) is 0.435. The smallest absolute Gasteiger partial charge is 0.147 e. The molecule has 0 aromatic heterocycles. The van der Waals surface area contributed by atoms with Crippen molar-refractivity contribution in [1.29, 1.82) is 0 Å². The first-order valence-corrected chi connectivity index (χ1v) is 5.78. The quantitative estimate of drug-likeness (QED) is 0.674. The maximum absolute atomic E-state index is 10.8. The molecule has 0 saturated carbocycles. The van der Waals surface area contributed by atoms with Gasteiger partial charge in [0.15, 0.2) is 0 Å². The topological polar surface area (TPSA) is 46.2 Å². The van der Waals surface area contributed by atoms with Crippen molar-refractivity contribution in [1.82, 2.24) is 5.32 Å². The van der Waals surface area contributed by atoms with E-state index >= 15 is 0 Å². The van der Waals surface area contributed by atoms with E-state index in [1.807, 2.05) is 20.9 Å². The summed E-state index contributed by atoms with van der Waals surface area (Å²) in [4.78, 5) is 0. The van der Waals surface area contributed by atoms with Gasteiger partial charge in [-0.05, 0) is 19.9 Å². The molecule has 0 aromatic carbocycles. The third-order valence-corrected chi connectivity index (χ3v) is 3.01. The molecule has 0 fully saturated rings. The second-order valence-electron chi connectivity index (χ2n) is 3.15. The van der Waals surface area contributed by atoms with Crippen molar-refractivity contribution >= 4 is 9.84 Å². The predicted octanol–water partition coefficient (Wildman–Crippen LogP) is 0.275. The highest BCUT2D eigenvalue weighted by molar-refractivity contribution is 7.90. The lowest BCUT2D eigenvalue weighted by Crippen LogP contribution is -2.32. The van der Waals surface area contributed by atoms with E-state index in [-0.39, 0.29) is 17.7 Å². The molecule has 0 aliphatic heterocycles. The highest BCUT2D eigenvalue weighted by atomic mass is 32.2. The lowest BCUT2D eigenvalue weighted by Gasteiger charge is -2.17. The van der Waals surface area contributed by atoms with E-state index in [9.17, 15) is 8.42 Å². The van der Waals surface area contributed by atoms with Crippen LogP contribution in [0.5, 0.6) is 0 Å². The van der Waals surface area contributed by atoms with Gasteiger partial charge in [-0.2, -0.15) is 0 Å². The zero-order valence-electron chi connectivity index (χ0n) is 7.59. The van der Waals surface area contributed by atoms with Crippen LogP contribution in [0, 0.1) is 5.92 Å². The second kappa shape index (κ2) is 4.07. The summed E-state index contributed by atoms with van der Waals surface area (Å²) in [6.45, 7) is 3.91. The van der Waals surface area contributed by atoms with E-state index < -0.39 is 9.84 Å². The molecule has 2 unspecified atom stereocenters. The molecule has 68 valence electrons. The molecule has 0 amide bonds. The van der Waals surface area contributed by atoms with Crippen LogP contribution in [0.4, 0.5) is 0 Å². The van der Waals surface area contributed by atoms with Crippen molar-refractivity contribution in [3.05, 3.63) is 0 Å². The summed E-state index contributed by atoms with van der Waals surface area (Å²) < 4.78 is 21.7. The SMILES string of the molecule is CNC(C)C(C)CS(C)(=O)=O. The minimum atomic E-state index is -2.82. The van der Waals surface area contributed by atoms with Gasteiger partial charge in [0.25, 0.3) is 0 Å². The Morgan fingerprint density at radius 2 is 1.82 bits per heavy atom. The molecule has 0 aliphatic rings. The van der Waals surface area contributed by atoms with Crippen LogP contribution in [-0.4, -0.2) is 33.5 Å². The fourth-order valence-electron chi connectivity index (χ4n) is 0.906. The molecule has 0 saturated heterocycles. The van der Waals surface area contributed by atoms with E-state index in [0.717, 1.165) is 0 Å². The zero-order valence-corrected chi connectivity index (χ0v) is 8.40. The molecule has 0 radical (unpaired) electrons. The Bertz CT molecular complexity index is 198. The monoisotopic (exact) mass is 179 g/mol. The molecule has 0 aromatic rings. The van der Waals surface area contributed by atoms with Crippen molar-refractivity contribution < 1.29 is 8.42 Å². The fourth-order valence-corrected chi connectivity index (χ4v) is 2.15. The molecule has 1 N–H and O–H groups in total. The number of hydrogen-bond donors (Lipinski definition) is 1. The molecule has 3 nitrogen and oxygen atoms in total. The molecular formula is C7H17NO2S. The minimum absolute atomic E-state index is 0.176. The first-order chi connectivity index (χ1) is 4.87. The zero-order chi connectivity index (χ0) is 9.07. The third kappa shape index (κ3) is 5.21. The summed E-state index contributed by atoms with van der Waals surface area (Å²) in [6.07, 6.45) is 1.27. The third-order valence-electron chi connectivity index (χ3n) is 1.87. The molecule has 2 atom stereocenters. The standard InChI is InChI=1S/C7H17NO2S/c1-6(7(2)8-3)5-11(4,9)10/h6-8H,5H2,1-4H3. The Labute approximate surface area is 69.1 Å². The molecule has 0 heterocycles. The van der Waals surface area contributed by atoms with Crippen molar-refractivity contribution in [2.45, 2.75) is 19.9 Å². The molecule has 4 heteroatoms. The van der Waals surface area contributed by atoms with Crippen molar-refractivity contribution in [3.8, 4) is 0 Å². The summed E-state index contributed by atoms with van der Waals surface area (Å²) in [7, 11) is -0.982. The Morgan fingerprint density at radius 1 is 1.36 bits per heavy atom. The summed E-state index contributed by atoms with van der Waals surface area (Å²) in [5, 5.41) is 3.02. The summed E-state index contributed by atoms with van der Waals surface area (Å²) in [5.41, 5.74) is 0. The molecular weight excluding hydrogens is 162 g/mol. The Balaban J connectivity index is 3.98. The average molecular weight is 179 g/mol. The Morgan fingerprint density at radius 3 is 2.09 bits per heavy atom. The van der Waals surface area contributed by atoms with Gasteiger partial charge in [0.1, 0.15) is 9.84 Å². The lowest BCUT2D eigenvalue weighted by molar-refractivity contribution is 0.456. The molecule has 0 bridgehead atoms. The largest absolute Gasteiger partial charge is 0.317 e. The Hall–Kier alpha value is -0.0900. The first-order valence-electron chi connectivity index (χ1n) is 3.72. The van der Waals surface area contributed by atoms with Gasteiger partial charge < -0.3 is 5.32 Å². The van der Waals surface area contributed by atoms with E-state index in [2.05, 4.69) is 5.32 Å². The molecule has 0 spiro atoms. The molecule has 0 aliphatic carbocycles. The molecule has 11 heavy (non-hydrogen) atoms. The summed E-state index contributed by atoms with van der Waals surface area (Å²) >= 11 is 0. The van der Waals surface area contributed by atoms with E-state index in [1.54, 1.807) is 0 Å². The van der Waals surface area contributed by atoms with E-state index in [4.69, 9.17) is 0 Å². The highest BCUT2D eigenvalue weighted by Gasteiger charge is 2.15.